The van der Waals surface area contributed by atoms with Crippen LogP contribution in [0.1, 0.15) is 80.1 Å². The van der Waals surface area contributed by atoms with Crippen LogP contribution in [0.2, 0.25) is 0 Å². The molecule has 0 unspecified atom stereocenters. The van der Waals surface area contributed by atoms with Crippen molar-refractivity contribution in [2.75, 3.05) is 0 Å². The second-order valence-corrected chi connectivity index (χ2v) is 9.17. The minimum absolute atomic E-state index is 0.129. The van der Waals surface area contributed by atoms with Gasteiger partial charge in [-0.05, 0) is 38.2 Å². The highest BCUT2D eigenvalue weighted by atomic mass is 31.2. The molecule has 2 aliphatic carbocycles. The van der Waals surface area contributed by atoms with Gasteiger partial charge in [0.1, 0.15) is 0 Å². The van der Waals surface area contributed by atoms with Crippen LogP contribution < -0.4 is 0 Å². The maximum Gasteiger partial charge on any atom is 0.402 e. The molecule has 3 rings (SSSR count). The summed E-state index contributed by atoms with van der Waals surface area (Å²) in [5.41, 5.74) is 0.798. The Kier molecular flexibility index (Phi) is 6.49. The van der Waals surface area contributed by atoms with Crippen LogP contribution in [0, 0.1) is 6.92 Å². The van der Waals surface area contributed by atoms with Crippen LogP contribution in [-0.4, -0.2) is 17.7 Å². The van der Waals surface area contributed by atoms with E-state index in [4.69, 9.17) is 9.05 Å². The molecule has 2 saturated carbocycles. The van der Waals surface area contributed by atoms with Gasteiger partial charge in [0, 0.05) is 5.56 Å². The molecule has 0 atom stereocenters. The fraction of sp³-hybridized carbons (Fsp3) is 0.650. The van der Waals surface area contributed by atoms with E-state index < -0.39 is 13.1 Å². The number of rotatable bonds is 6. The third-order valence-electron chi connectivity index (χ3n) is 5.30. The Labute approximate surface area is 150 Å². The third-order valence-corrected chi connectivity index (χ3v) is 7.19. The Hall–Kier alpha value is -0.960. The lowest BCUT2D eigenvalue weighted by molar-refractivity contribution is 0.0682. The molecule has 4 nitrogen and oxygen atoms in total. The van der Waals surface area contributed by atoms with Crippen LogP contribution in [0.15, 0.2) is 24.3 Å². The van der Waals surface area contributed by atoms with Crippen LogP contribution in [0.5, 0.6) is 0 Å². The highest BCUT2D eigenvalue weighted by Gasteiger charge is 2.41. The molecule has 0 bridgehead atoms. The van der Waals surface area contributed by atoms with E-state index in [-0.39, 0.29) is 12.2 Å². The third kappa shape index (κ3) is 4.81. The van der Waals surface area contributed by atoms with E-state index in [0.29, 0.717) is 5.56 Å². The smallest absolute Gasteiger partial charge is 0.300 e. The molecular formula is C20H29O4P. The van der Waals surface area contributed by atoms with Crippen molar-refractivity contribution in [1.29, 1.82) is 0 Å². The summed E-state index contributed by atoms with van der Waals surface area (Å²) >= 11 is 0. The van der Waals surface area contributed by atoms with Crippen molar-refractivity contribution in [2.45, 2.75) is 83.3 Å². The lowest BCUT2D eigenvalue weighted by Gasteiger charge is -2.30. The highest BCUT2D eigenvalue weighted by molar-refractivity contribution is 7.72. The molecule has 0 spiro atoms. The van der Waals surface area contributed by atoms with E-state index in [0.717, 1.165) is 56.9 Å². The zero-order valence-electron chi connectivity index (χ0n) is 15.1. The predicted molar refractivity (Wildman–Crippen MR) is 99.0 cm³/mol. The largest absolute Gasteiger partial charge is 0.402 e. The summed E-state index contributed by atoms with van der Waals surface area (Å²) in [4.78, 5) is 13.1. The molecule has 0 amide bonds. The first kappa shape index (κ1) is 18.8. The van der Waals surface area contributed by atoms with Crippen LogP contribution >= 0.6 is 7.60 Å². The monoisotopic (exact) mass is 364 g/mol. The van der Waals surface area contributed by atoms with Gasteiger partial charge in [-0.1, -0.05) is 62.8 Å². The van der Waals surface area contributed by atoms with Crippen molar-refractivity contribution in [3.05, 3.63) is 35.4 Å². The van der Waals surface area contributed by atoms with Gasteiger partial charge in [0.05, 0.1) is 12.2 Å². The number of hydrogen-bond acceptors (Lipinski definition) is 4. The van der Waals surface area contributed by atoms with Gasteiger partial charge in [-0.3, -0.25) is 18.4 Å². The van der Waals surface area contributed by atoms with Gasteiger partial charge in [0.2, 0.25) is 0 Å². The average Bonchev–Trinajstić information content (AvgIpc) is 2.63. The summed E-state index contributed by atoms with van der Waals surface area (Å²) in [6.07, 6.45) is 9.79. The lowest BCUT2D eigenvalue weighted by atomic mass is 9.98. The van der Waals surface area contributed by atoms with E-state index >= 15 is 0 Å². The van der Waals surface area contributed by atoms with Crippen LogP contribution in [0.25, 0.3) is 0 Å². The minimum Gasteiger partial charge on any atom is -0.300 e. The molecule has 2 aliphatic rings. The van der Waals surface area contributed by atoms with Crippen molar-refractivity contribution in [3.8, 4) is 0 Å². The summed E-state index contributed by atoms with van der Waals surface area (Å²) in [6.45, 7) is 1.86. The molecule has 0 heterocycles. The molecule has 1 aromatic rings. The molecule has 0 aliphatic heterocycles. The first-order valence-electron chi connectivity index (χ1n) is 9.66. The number of benzene rings is 1. The van der Waals surface area contributed by atoms with Crippen molar-refractivity contribution in [1.82, 2.24) is 0 Å². The topological polar surface area (TPSA) is 52.6 Å². The average molecular weight is 364 g/mol. The summed E-state index contributed by atoms with van der Waals surface area (Å²) in [5, 5.41) is 0. The fourth-order valence-electron chi connectivity index (χ4n) is 3.81. The minimum atomic E-state index is -3.84. The first-order valence-corrected chi connectivity index (χ1v) is 11.2. The van der Waals surface area contributed by atoms with E-state index in [1.165, 1.54) is 12.8 Å². The Morgan fingerprint density at radius 1 is 0.880 bits per heavy atom. The second kappa shape index (κ2) is 8.62. The molecule has 0 saturated heterocycles. The zero-order chi connectivity index (χ0) is 17.7. The molecule has 0 radical (unpaired) electrons. The van der Waals surface area contributed by atoms with Crippen LogP contribution in [0.4, 0.5) is 0 Å². The van der Waals surface area contributed by atoms with Gasteiger partial charge >= 0.3 is 7.60 Å². The number of aryl methyl sites for hydroxylation is 1. The van der Waals surface area contributed by atoms with E-state index in [9.17, 15) is 9.36 Å². The maximum absolute atomic E-state index is 13.6. The van der Waals surface area contributed by atoms with Gasteiger partial charge < -0.3 is 0 Å². The summed E-state index contributed by atoms with van der Waals surface area (Å²) < 4.78 is 25.5. The molecule has 138 valence electrons. The SMILES string of the molecule is Cc1ccccc1C(=O)P(=O)(OC1CCCCC1)OC1CCCCC1. The van der Waals surface area contributed by atoms with Crippen molar-refractivity contribution >= 4 is 13.1 Å². The zero-order valence-corrected chi connectivity index (χ0v) is 16.0. The Balaban J connectivity index is 1.82. The van der Waals surface area contributed by atoms with Gasteiger partial charge in [-0.15, -0.1) is 0 Å². The predicted octanol–water partition coefficient (Wildman–Crippen LogP) is 6.03. The molecule has 0 aromatic heterocycles. The van der Waals surface area contributed by atoms with Gasteiger partial charge in [-0.25, -0.2) is 0 Å². The molecule has 0 N–H and O–H groups in total. The van der Waals surface area contributed by atoms with Crippen molar-refractivity contribution in [3.63, 3.8) is 0 Å². The molecule has 5 heteroatoms. The summed E-state index contributed by atoms with van der Waals surface area (Å²) in [7, 11) is -3.84. The number of hydrogen-bond donors (Lipinski definition) is 0. The van der Waals surface area contributed by atoms with Crippen molar-refractivity contribution < 1.29 is 18.4 Å². The van der Waals surface area contributed by atoms with E-state index in [2.05, 4.69) is 0 Å². The summed E-state index contributed by atoms with van der Waals surface area (Å²) in [6, 6.07) is 7.25. The summed E-state index contributed by atoms with van der Waals surface area (Å²) in [5.74, 6) is 0. The van der Waals surface area contributed by atoms with E-state index in [1.54, 1.807) is 12.1 Å². The molecular weight excluding hydrogens is 335 g/mol. The second-order valence-electron chi connectivity index (χ2n) is 7.35. The molecule has 1 aromatic carbocycles. The first-order chi connectivity index (χ1) is 12.1. The van der Waals surface area contributed by atoms with Crippen molar-refractivity contribution in [2.24, 2.45) is 0 Å². The quantitative estimate of drug-likeness (QED) is 0.579. The van der Waals surface area contributed by atoms with Gasteiger partial charge in [0.15, 0.2) is 0 Å². The fourth-order valence-corrected chi connectivity index (χ4v) is 5.81. The lowest BCUT2D eigenvalue weighted by Crippen LogP contribution is -2.23. The molecule has 25 heavy (non-hydrogen) atoms. The number of carbonyl (C=O) groups excluding carboxylic acids is 1. The molecule has 2 fully saturated rings. The maximum atomic E-state index is 13.6. The Morgan fingerprint density at radius 2 is 1.36 bits per heavy atom. The van der Waals surface area contributed by atoms with Crippen LogP contribution in [0.3, 0.4) is 0 Å². The number of carbonyl (C=O) groups is 1. The Morgan fingerprint density at radius 3 is 1.84 bits per heavy atom. The highest BCUT2D eigenvalue weighted by Crippen LogP contribution is 2.56. The van der Waals surface area contributed by atoms with E-state index in [1.807, 2.05) is 19.1 Å². The van der Waals surface area contributed by atoms with Gasteiger partial charge in [-0.2, -0.15) is 0 Å². The van der Waals surface area contributed by atoms with Crippen LogP contribution in [-0.2, 0) is 13.6 Å². The van der Waals surface area contributed by atoms with Gasteiger partial charge in [0.25, 0.3) is 5.52 Å². The Bertz CT molecular complexity index is 606. The normalized spacial score (nSPS) is 20.5. The standard InChI is InChI=1S/C20H29O4P/c1-16-10-8-9-15-19(16)20(21)25(22,23-17-11-4-2-5-12-17)24-18-13-6-3-7-14-18/h8-10,15,17-18H,2-7,11-14H2,1H3.